The lowest BCUT2D eigenvalue weighted by Crippen LogP contribution is -2.44. The van der Waals surface area contributed by atoms with E-state index in [1.165, 1.54) is 47.7 Å². The van der Waals surface area contributed by atoms with Crippen molar-refractivity contribution in [2.24, 2.45) is 23.2 Å². The average molecular weight is 555 g/mol. The highest BCUT2D eigenvalue weighted by atomic mass is 127. The van der Waals surface area contributed by atoms with Gasteiger partial charge in [-0.05, 0) is 98.2 Å². The molecule has 0 spiro atoms. The molecular formula is C28H47IOSi. The molecule has 0 amide bonds. The SMILES string of the molecule is C=C1CC[C@H](O[Si](C)(C)C(C)(C)C)C/C1=C\C=C1/CCC[C@@]2(C)C1CC[C@@H]2[C@H](C)CI. The van der Waals surface area contributed by atoms with E-state index < -0.39 is 8.32 Å². The molecule has 0 bridgehead atoms. The van der Waals surface area contributed by atoms with Gasteiger partial charge in [-0.25, -0.2) is 0 Å². The molecule has 3 saturated carbocycles. The first-order chi connectivity index (χ1) is 14.4. The van der Waals surface area contributed by atoms with E-state index in [4.69, 9.17) is 4.43 Å². The van der Waals surface area contributed by atoms with Gasteiger partial charge in [-0.15, -0.1) is 0 Å². The molecule has 0 N–H and O–H groups in total. The highest BCUT2D eigenvalue weighted by Gasteiger charge is 2.50. The second-order valence-electron chi connectivity index (χ2n) is 12.5. The van der Waals surface area contributed by atoms with Crippen LogP contribution in [-0.2, 0) is 4.43 Å². The Hall–Kier alpha value is 0.127. The molecule has 176 valence electrons. The molecule has 0 saturated heterocycles. The first-order valence-electron chi connectivity index (χ1n) is 12.7. The molecule has 31 heavy (non-hydrogen) atoms. The lowest BCUT2D eigenvalue weighted by molar-refractivity contribution is 0.106. The number of hydrogen-bond acceptors (Lipinski definition) is 1. The van der Waals surface area contributed by atoms with Gasteiger partial charge in [0.2, 0.25) is 0 Å². The molecular weight excluding hydrogens is 507 g/mol. The Morgan fingerprint density at radius 1 is 1.19 bits per heavy atom. The minimum absolute atomic E-state index is 0.272. The van der Waals surface area contributed by atoms with Crippen LogP contribution in [0, 0.1) is 23.2 Å². The van der Waals surface area contributed by atoms with Crippen LogP contribution in [0.3, 0.4) is 0 Å². The molecule has 3 aliphatic carbocycles. The van der Waals surface area contributed by atoms with Crippen LogP contribution in [-0.4, -0.2) is 18.8 Å². The van der Waals surface area contributed by atoms with Crippen LogP contribution in [0.25, 0.3) is 0 Å². The van der Waals surface area contributed by atoms with Crippen LogP contribution in [0.2, 0.25) is 18.1 Å². The van der Waals surface area contributed by atoms with Gasteiger partial charge in [-0.2, -0.15) is 0 Å². The number of allylic oxidation sites excluding steroid dienone is 4. The number of fused-ring (bicyclic) bond motifs is 1. The number of alkyl halides is 1. The van der Waals surface area contributed by atoms with E-state index in [2.05, 4.69) is 89.0 Å². The van der Waals surface area contributed by atoms with Crippen molar-refractivity contribution < 1.29 is 4.43 Å². The van der Waals surface area contributed by atoms with Crippen molar-refractivity contribution in [2.45, 2.75) is 110 Å². The Kier molecular flexibility index (Phi) is 8.12. The van der Waals surface area contributed by atoms with Gasteiger partial charge in [0.1, 0.15) is 0 Å². The topological polar surface area (TPSA) is 9.23 Å². The van der Waals surface area contributed by atoms with Gasteiger partial charge < -0.3 is 4.43 Å². The second-order valence-corrected chi connectivity index (χ2v) is 18.1. The maximum absolute atomic E-state index is 6.79. The van der Waals surface area contributed by atoms with E-state index in [0.29, 0.717) is 11.5 Å². The predicted octanol–water partition coefficient (Wildman–Crippen LogP) is 9.26. The largest absolute Gasteiger partial charge is 0.414 e. The Morgan fingerprint density at radius 2 is 1.90 bits per heavy atom. The van der Waals surface area contributed by atoms with Crippen molar-refractivity contribution in [1.29, 1.82) is 0 Å². The van der Waals surface area contributed by atoms with Crippen molar-refractivity contribution in [1.82, 2.24) is 0 Å². The molecule has 3 heteroatoms. The zero-order valence-electron chi connectivity index (χ0n) is 21.3. The zero-order valence-corrected chi connectivity index (χ0v) is 24.5. The first kappa shape index (κ1) is 25.7. The van der Waals surface area contributed by atoms with Crippen molar-refractivity contribution in [3.8, 4) is 0 Å². The summed E-state index contributed by atoms with van der Waals surface area (Å²) < 4.78 is 8.08. The van der Waals surface area contributed by atoms with Gasteiger partial charge >= 0.3 is 0 Å². The van der Waals surface area contributed by atoms with E-state index in [1.54, 1.807) is 5.57 Å². The summed E-state index contributed by atoms with van der Waals surface area (Å²) in [5.74, 6) is 2.54. The van der Waals surface area contributed by atoms with Gasteiger partial charge in [0.25, 0.3) is 0 Å². The fourth-order valence-corrected chi connectivity index (χ4v) is 8.40. The summed E-state index contributed by atoms with van der Waals surface area (Å²) in [6.07, 6.45) is 15.5. The minimum atomic E-state index is -1.72. The third kappa shape index (κ3) is 5.45. The molecule has 0 heterocycles. The van der Waals surface area contributed by atoms with Crippen LogP contribution >= 0.6 is 22.6 Å². The summed E-state index contributed by atoms with van der Waals surface area (Å²) in [7, 11) is -1.72. The average Bonchev–Trinajstić information content (AvgIpc) is 3.04. The molecule has 0 aromatic rings. The molecule has 5 atom stereocenters. The summed E-state index contributed by atoms with van der Waals surface area (Å²) in [6, 6.07) is 0. The molecule has 0 aliphatic heterocycles. The minimum Gasteiger partial charge on any atom is -0.414 e. The second kappa shape index (κ2) is 9.78. The summed E-state index contributed by atoms with van der Waals surface area (Å²) in [5.41, 5.74) is 5.04. The lowest BCUT2D eigenvalue weighted by Gasteiger charge is -2.44. The predicted molar refractivity (Wildman–Crippen MR) is 147 cm³/mol. The van der Waals surface area contributed by atoms with Gasteiger partial charge in [-0.3, -0.25) is 0 Å². The number of rotatable bonds is 5. The lowest BCUT2D eigenvalue weighted by atomic mass is 9.61. The van der Waals surface area contributed by atoms with E-state index in [0.717, 1.165) is 37.0 Å². The monoisotopic (exact) mass is 554 g/mol. The van der Waals surface area contributed by atoms with Crippen LogP contribution in [0.1, 0.15) is 86.0 Å². The molecule has 1 unspecified atom stereocenters. The summed E-state index contributed by atoms with van der Waals surface area (Å²) in [6.45, 7) is 21.3. The van der Waals surface area contributed by atoms with E-state index in [1.807, 2.05) is 0 Å². The van der Waals surface area contributed by atoms with E-state index in [9.17, 15) is 0 Å². The first-order valence-corrected chi connectivity index (χ1v) is 17.1. The smallest absolute Gasteiger partial charge is 0.192 e. The molecule has 0 aromatic heterocycles. The van der Waals surface area contributed by atoms with Crippen molar-refractivity contribution in [2.75, 3.05) is 4.43 Å². The molecule has 3 fully saturated rings. The van der Waals surface area contributed by atoms with Crippen molar-refractivity contribution in [3.05, 3.63) is 35.5 Å². The van der Waals surface area contributed by atoms with Crippen LogP contribution < -0.4 is 0 Å². The Morgan fingerprint density at radius 3 is 2.55 bits per heavy atom. The van der Waals surface area contributed by atoms with E-state index in [-0.39, 0.29) is 5.04 Å². The maximum atomic E-state index is 6.79. The molecule has 1 nitrogen and oxygen atoms in total. The highest BCUT2D eigenvalue weighted by molar-refractivity contribution is 14.1. The van der Waals surface area contributed by atoms with Gasteiger partial charge in [0, 0.05) is 10.5 Å². The van der Waals surface area contributed by atoms with Crippen LogP contribution in [0.15, 0.2) is 35.5 Å². The Bertz CT molecular complexity index is 728. The number of hydrogen-bond donors (Lipinski definition) is 0. The van der Waals surface area contributed by atoms with Crippen LogP contribution in [0.4, 0.5) is 0 Å². The normalized spacial score (nSPS) is 36.1. The van der Waals surface area contributed by atoms with Crippen molar-refractivity contribution in [3.63, 3.8) is 0 Å². The molecule has 0 aromatic carbocycles. The third-order valence-corrected chi connectivity index (χ3v) is 15.3. The highest BCUT2D eigenvalue weighted by Crippen LogP contribution is 2.59. The molecule has 3 rings (SSSR count). The summed E-state index contributed by atoms with van der Waals surface area (Å²) in [5, 5.41) is 0.272. The van der Waals surface area contributed by atoms with Gasteiger partial charge in [-0.1, -0.05) is 87.1 Å². The van der Waals surface area contributed by atoms with Crippen molar-refractivity contribution >= 4 is 30.9 Å². The molecule has 0 radical (unpaired) electrons. The fraction of sp³-hybridized carbons (Fsp3) is 0.786. The zero-order chi connectivity index (χ0) is 23.0. The fourth-order valence-electron chi connectivity index (χ4n) is 6.40. The maximum Gasteiger partial charge on any atom is 0.192 e. The Balaban J connectivity index is 1.75. The van der Waals surface area contributed by atoms with Crippen LogP contribution in [0.5, 0.6) is 0 Å². The summed E-state index contributed by atoms with van der Waals surface area (Å²) >= 11 is 2.60. The Labute approximate surface area is 207 Å². The van der Waals surface area contributed by atoms with Gasteiger partial charge in [0.05, 0.1) is 0 Å². The van der Waals surface area contributed by atoms with Gasteiger partial charge in [0.15, 0.2) is 8.32 Å². The molecule has 3 aliphatic rings. The van der Waals surface area contributed by atoms with E-state index >= 15 is 0 Å². The quantitative estimate of drug-likeness (QED) is 0.187. The number of halogens is 1. The third-order valence-electron chi connectivity index (χ3n) is 9.40. The standard InChI is InChI=1S/C28H47IOSi/c1-20-11-14-24(30-31(7,8)27(3,4)5)18-23(20)13-12-22-10-9-17-28(6)25(21(2)19-29)15-16-26(22)28/h12-13,21,24-26H,1,9-11,14-19H2,2-8H3/b22-12+,23-13+/t21-,24+,25-,26?,28-/m1/s1. The summed E-state index contributed by atoms with van der Waals surface area (Å²) in [4.78, 5) is 0.